The summed E-state index contributed by atoms with van der Waals surface area (Å²) in [6, 6.07) is 6.62. The summed E-state index contributed by atoms with van der Waals surface area (Å²) >= 11 is 0. The van der Waals surface area contributed by atoms with Crippen LogP contribution in [0.3, 0.4) is 0 Å². The van der Waals surface area contributed by atoms with Crippen LogP contribution in [0.2, 0.25) is 0 Å². The van der Waals surface area contributed by atoms with Gasteiger partial charge < -0.3 is 33.2 Å². The average molecular weight is 445 g/mol. The highest BCUT2D eigenvalue weighted by Gasteiger charge is 2.32. The molecule has 1 aliphatic carbocycles. The Bertz CT molecular complexity index is 530. The Labute approximate surface area is 164 Å². The number of nitrogens with zero attached hydrogens (tertiary/aromatic N) is 1. The number of rotatable bonds is 5. The van der Waals surface area contributed by atoms with Crippen molar-refractivity contribution >= 4 is 5.97 Å². The molecule has 0 heterocycles. The molecule has 0 aromatic heterocycles. The second kappa shape index (κ2) is 9.18. The fourth-order valence-electron chi connectivity index (χ4n) is 4.01. The minimum Gasteiger partial charge on any atom is -1.00 e. The molecule has 2 rings (SSSR count). The zero-order chi connectivity index (χ0) is 17.0. The molecule has 1 aromatic rings. The third-order valence-electron chi connectivity index (χ3n) is 5.28. The van der Waals surface area contributed by atoms with Crippen LogP contribution < -0.4 is 24.0 Å². The third kappa shape index (κ3) is 5.45. The molecule has 4 heteroatoms. The second-order valence-corrected chi connectivity index (χ2v) is 7.74. The van der Waals surface area contributed by atoms with Gasteiger partial charge in [0.05, 0.1) is 25.7 Å². The van der Waals surface area contributed by atoms with Crippen LogP contribution in [0.4, 0.5) is 0 Å². The van der Waals surface area contributed by atoms with Crippen molar-refractivity contribution in [2.24, 2.45) is 0 Å². The first-order valence-electron chi connectivity index (χ1n) is 8.91. The molecule has 0 aliphatic heterocycles. The van der Waals surface area contributed by atoms with Crippen LogP contribution >= 0.6 is 0 Å². The fourth-order valence-corrected chi connectivity index (χ4v) is 4.01. The van der Waals surface area contributed by atoms with E-state index in [9.17, 15) is 4.79 Å². The van der Waals surface area contributed by atoms with Gasteiger partial charge in [0, 0.05) is 0 Å². The van der Waals surface area contributed by atoms with Crippen molar-refractivity contribution in [2.45, 2.75) is 65.0 Å². The lowest BCUT2D eigenvalue weighted by molar-refractivity contribution is -0.918. The van der Waals surface area contributed by atoms with Crippen LogP contribution in [-0.4, -0.2) is 43.2 Å². The molecule has 0 amide bonds. The molecule has 1 fully saturated rings. The lowest BCUT2D eigenvalue weighted by Gasteiger charge is -2.41. The van der Waals surface area contributed by atoms with Crippen molar-refractivity contribution in [3.8, 4) is 0 Å². The Morgan fingerprint density at radius 3 is 2.25 bits per heavy atom. The van der Waals surface area contributed by atoms with E-state index in [1.165, 1.54) is 32.1 Å². The molecule has 0 unspecified atom stereocenters. The standard InChI is InChI=1S/C20H32NO2.HI/c1-15-10-9-11-16(2)19(15)20(22)23-17(3)14-21(4,5)18-12-7-6-8-13-18;/h9-11,17-18H,6-8,12-14H2,1-5H3;1H/q+1;/p-1/t17-;/m1./s1. The van der Waals surface area contributed by atoms with E-state index in [1.807, 2.05) is 39.0 Å². The lowest BCUT2D eigenvalue weighted by atomic mass is 9.93. The minimum atomic E-state index is -0.184. The molecular weight excluding hydrogens is 413 g/mol. The highest BCUT2D eigenvalue weighted by Crippen LogP contribution is 2.26. The van der Waals surface area contributed by atoms with E-state index < -0.39 is 0 Å². The Hall–Kier alpha value is -0.620. The van der Waals surface area contributed by atoms with Gasteiger partial charge in [-0.2, -0.15) is 0 Å². The topological polar surface area (TPSA) is 26.3 Å². The first kappa shape index (κ1) is 21.4. The van der Waals surface area contributed by atoms with Gasteiger partial charge in [0.15, 0.2) is 0 Å². The second-order valence-electron chi connectivity index (χ2n) is 7.74. The summed E-state index contributed by atoms with van der Waals surface area (Å²) in [6.07, 6.45) is 6.56. The van der Waals surface area contributed by atoms with Gasteiger partial charge in [-0.25, -0.2) is 4.79 Å². The van der Waals surface area contributed by atoms with Crippen LogP contribution in [-0.2, 0) is 4.74 Å². The summed E-state index contributed by atoms with van der Waals surface area (Å²) in [4.78, 5) is 12.5. The van der Waals surface area contributed by atoms with Gasteiger partial charge in [-0.15, -0.1) is 0 Å². The van der Waals surface area contributed by atoms with Crippen molar-refractivity contribution in [3.05, 3.63) is 34.9 Å². The fraction of sp³-hybridized carbons (Fsp3) is 0.650. The number of hydrogen-bond acceptors (Lipinski definition) is 2. The maximum absolute atomic E-state index is 12.5. The monoisotopic (exact) mass is 445 g/mol. The van der Waals surface area contributed by atoms with E-state index in [0.29, 0.717) is 6.04 Å². The highest BCUT2D eigenvalue weighted by atomic mass is 127. The van der Waals surface area contributed by atoms with Crippen molar-refractivity contribution in [3.63, 3.8) is 0 Å². The number of carbonyl (C=O) groups excluding carboxylic acids is 1. The normalized spacial score (nSPS) is 17.0. The molecule has 0 bridgehead atoms. The Morgan fingerprint density at radius 2 is 1.71 bits per heavy atom. The number of quaternary nitrogens is 1. The van der Waals surface area contributed by atoms with Crippen molar-refractivity contribution in [1.29, 1.82) is 0 Å². The highest BCUT2D eigenvalue weighted by molar-refractivity contribution is 5.92. The van der Waals surface area contributed by atoms with E-state index in [2.05, 4.69) is 14.1 Å². The van der Waals surface area contributed by atoms with Gasteiger partial charge in [0.2, 0.25) is 0 Å². The summed E-state index contributed by atoms with van der Waals surface area (Å²) in [7, 11) is 4.55. The largest absolute Gasteiger partial charge is 1.00 e. The van der Waals surface area contributed by atoms with Crippen LogP contribution in [0.1, 0.15) is 60.5 Å². The molecule has 1 atom stereocenters. The summed E-state index contributed by atoms with van der Waals surface area (Å²) in [6.45, 7) is 6.84. The molecule has 3 nitrogen and oxygen atoms in total. The molecule has 1 aromatic carbocycles. The molecular formula is C20H32INO2. The van der Waals surface area contributed by atoms with Crippen LogP contribution in [0, 0.1) is 13.8 Å². The Morgan fingerprint density at radius 1 is 1.17 bits per heavy atom. The van der Waals surface area contributed by atoms with Gasteiger partial charge >= 0.3 is 5.97 Å². The molecule has 0 N–H and O–H groups in total. The molecule has 0 saturated heterocycles. The maximum Gasteiger partial charge on any atom is 0.339 e. The summed E-state index contributed by atoms with van der Waals surface area (Å²) in [5.41, 5.74) is 2.70. The van der Waals surface area contributed by atoms with E-state index in [4.69, 9.17) is 4.74 Å². The SMILES string of the molecule is Cc1cccc(C)c1C(=O)O[C@H](C)C[N+](C)(C)C1CCCCC1.[I-]. The van der Waals surface area contributed by atoms with Gasteiger partial charge in [-0.05, 0) is 57.6 Å². The Balaban J connectivity index is 0.00000288. The zero-order valence-corrected chi connectivity index (χ0v) is 17.9. The number of carbonyl (C=O) groups is 1. The summed E-state index contributed by atoms with van der Waals surface area (Å²) in [5, 5.41) is 0. The number of likely N-dealkylation sites (N-methyl/N-ethyl adjacent to an activating group) is 1. The summed E-state index contributed by atoms with van der Waals surface area (Å²) < 4.78 is 6.72. The van der Waals surface area contributed by atoms with Crippen molar-refractivity contribution in [1.82, 2.24) is 0 Å². The molecule has 0 spiro atoms. The maximum atomic E-state index is 12.5. The number of esters is 1. The number of ether oxygens (including phenoxy) is 1. The van der Waals surface area contributed by atoms with Crippen molar-refractivity contribution < 1.29 is 38.0 Å². The van der Waals surface area contributed by atoms with Crippen LogP contribution in [0.5, 0.6) is 0 Å². The van der Waals surface area contributed by atoms with E-state index in [1.54, 1.807) is 0 Å². The van der Waals surface area contributed by atoms with Crippen molar-refractivity contribution in [2.75, 3.05) is 20.6 Å². The number of benzene rings is 1. The quantitative estimate of drug-likeness (QED) is 0.388. The number of halogens is 1. The van der Waals surface area contributed by atoms with Gasteiger partial charge in [-0.3, -0.25) is 0 Å². The van der Waals surface area contributed by atoms with Crippen LogP contribution in [0.25, 0.3) is 0 Å². The lowest BCUT2D eigenvalue weighted by Crippen LogP contribution is -3.00. The van der Waals surface area contributed by atoms with E-state index in [-0.39, 0.29) is 36.0 Å². The average Bonchev–Trinajstić information content (AvgIpc) is 2.47. The smallest absolute Gasteiger partial charge is 0.339 e. The summed E-state index contributed by atoms with van der Waals surface area (Å²) in [5.74, 6) is -0.184. The first-order chi connectivity index (χ1) is 10.8. The predicted octanol–water partition coefficient (Wildman–Crippen LogP) is 1.26. The molecule has 24 heavy (non-hydrogen) atoms. The Kier molecular flexibility index (Phi) is 8.20. The predicted molar refractivity (Wildman–Crippen MR) is 94.6 cm³/mol. The first-order valence-corrected chi connectivity index (χ1v) is 8.91. The van der Waals surface area contributed by atoms with Gasteiger partial charge in [-0.1, -0.05) is 24.6 Å². The number of hydrogen-bond donors (Lipinski definition) is 0. The van der Waals surface area contributed by atoms with E-state index in [0.717, 1.165) is 27.7 Å². The molecule has 136 valence electrons. The molecule has 0 radical (unpaired) electrons. The van der Waals surface area contributed by atoms with Gasteiger partial charge in [0.1, 0.15) is 12.6 Å². The van der Waals surface area contributed by atoms with E-state index >= 15 is 0 Å². The molecule has 1 aliphatic rings. The van der Waals surface area contributed by atoms with Gasteiger partial charge in [0.25, 0.3) is 0 Å². The molecule has 1 saturated carbocycles. The van der Waals surface area contributed by atoms with Crippen LogP contribution in [0.15, 0.2) is 18.2 Å². The third-order valence-corrected chi connectivity index (χ3v) is 5.28. The number of aryl methyl sites for hydroxylation is 2. The zero-order valence-electron chi connectivity index (χ0n) is 15.8. The minimum absolute atomic E-state index is 0.